The fraction of sp³-hybridized carbons (Fsp3) is 0.375. The van der Waals surface area contributed by atoms with Crippen LogP contribution in [-0.2, 0) is 14.2 Å². The van der Waals surface area contributed by atoms with Crippen molar-refractivity contribution in [2.45, 2.75) is 58.7 Å². The first-order valence-electron chi connectivity index (χ1n) is 18.0. The van der Waals surface area contributed by atoms with Gasteiger partial charge in [0.2, 0.25) is 6.29 Å². The van der Waals surface area contributed by atoms with Gasteiger partial charge in [0.05, 0.1) is 13.7 Å². The van der Waals surface area contributed by atoms with Gasteiger partial charge in [0.1, 0.15) is 17.3 Å². The molecule has 3 aromatic rings. The number of nitrogens with zero attached hydrogens (tertiary/aromatic N) is 2. The quantitative estimate of drug-likeness (QED) is 0.0382. The number of pyridine rings is 1. The molecule has 1 unspecified atom stereocenters. The zero-order chi connectivity index (χ0) is 40.1. The van der Waals surface area contributed by atoms with Crippen molar-refractivity contribution < 1.29 is 42.9 Å². The van der Waals surface area contributed by atoms with Gasteiger partial charge >= 0.3 is 18.2 Å². The van der Waals surface area contributed by atoms with Gasteiger partial charge in [-0.25, -0.2) is 19.4 Å². The lowest BCUT2D eigenvalue weighted by atomic mass is 9.94. The molecule has 1 aliphatic rings. The Balaban J connectivity index is 1.64. The SMILES string of the molecule is C=Cc1cc(C(=O)Nc2ccc(C(=N)NC(=O)OCCCCCC)cc2)c(-c2ccc(C(=O)NCC3CC3)nc2C(=O)OC(C)OC(=O)N(C)C)cc1OC. The fourth-order valence-electron chi connectivity index (χ4n) is 5.25. The van der Waals surface area contributed by atoms with E-state index in [1.807, 2.05) is 0 Å². The van der Waals surface area contributed by atoms with Crippen LogP contribution in [0.5, 0.6) is 5.75 Å². The highest BCUT2D eigenvalue weighted by molar-refractivity contribution is 6.11. The van der Waals surface area contributed by atoms with Crippen molar-refractivity contribution in [2.75, 3.05) is 39.7 Å². The summed E-state index contributed by atoms with van der Waals surface area (Å²) in [5.74, 6) is -1.56. The maximum atomic E-state index is 14.0. The third kappa shape index (κ3) is 11.9. The average Bonchev–Trinajstić information content (AvgIpc) is 4.01. The topological polar surface area (TPSA) is 198 Å². The molecule has 1 fully saturated rings. The highest BCUT2D eigenvalue weighted by Crippen LogP contribution is 2.35. The number of ether oxygens (including phenoxy) is 4. The molecule has 0 aliphatic heterocycles. The Hall–Kier alpha value is -6.25. The van der Waals surface area contributed by atoms with Gasteiger partial charge in [-0.05, 0) is 73.7 Å². The van der Waals surface area contributed by atoms with E-state index >= 15 is 0 Å². The minimum atomic E-state index is -1.33. The summed E-state index contributed by atoms with van der Waals surface area (Å²) < 4.78 is 21.3. The van der Waals surface area contributed by atoms with Crippen LogP contribution < -0.4 is 20.7 Å². The number of unbranched alkanes of at least 4 members (excludes halogenated alkanes) is 3. The number of hydrogen-bond donors (Lipinski definition) is 4. The molecule has 292 valence electrons. The monoisotopic (exact) mass is 756 g/mol. The summed E-state index contributed by atoms with van der Waals surface area (Å²) in [5.41, 5.74) is 1.25. The van der Waals surface area contributed by atoms with Gasteiger partial charge in [-0.1, -0.05) is 38.8 Å². The Morgan fingerprint density at radius 2 is 1.71 bits per heavy atom. The summed E-state index contributed by atoms with van der Waals surface area (Å²) in [7, 11) is 4.38. The molecular formula is C40H48N6O9. The average molecular weight is 757 g/mol. The van der Waals surface area contributed by atoms with Gasteiger partial charge in [0, 0.05) is 61.1 Å². The molecule has 1 saturated carbocycles. The second-order valence-electron chi connectivity index (χ2n) is 13.1. The minimum Gasteiger partial charge on any atom is -0.496 e. The van der Waals surface area contributed by atoms with Crippen LogP contribution in [0.25, 0.3) is 17.2 Å². The van der Waals surface area contributed by atoms with Crippen molar-refractivity contribution >= 4 is 47.6 Å². The maximum Gasteiger partial charge on any atom is 0.412 e. The van der Waals surface area contributed by atoms with Crippen LogP contribution in [0, 0.1) is 11.3 Å². The summed E-state index contributed by atoms with van der Waals surface area (Å²) in [4.78, 5) is 70.6. The van der Waals surface area contributed by atoms with E-state index in [-0.39, 0.29) is 40.5 Å². The summed E-state index contributed by atoms with van der Waals surface area (Å²) in [6.45, 7) is 8.01. The summed E-state index contributed by atoms with van der Waals surface area (Å²) in [5, 5.41) is 16.3. The van der Waals surface area contributed by atoms with E-state index in [2.05, 4.69) is 34.4 Å². The highest BCUT2D eigenvalue weighted by Gasteiger charge is 2.28. The molecule has 4 amide bonds. The smallest absolute Gasteiger partial charge is 0.412 e. The number of anilines is 1. The molecular weight excluding hydrogens is 708 g/mol. The normalized spacial score (nSPS) is 12.4. The standard InChI is InChI=1S/C40H48N6O9/c1-7-9-10-11-20-53-39(50)45-35(41)27-14-16-28(17-15-27)43-36(47)31-21-26(8-2)33(52-6)22-30(31)29-18-19-32(37(48)42-23-25-12-13-25)44-34(29)38(49)54-24(3)55-40(51)46(4)5/h8,14-19,21-22,24-25H,2,7,9-13,20,23H2,1,3-6H3,(H,42,48)(H,43,47)(H2,41,45,50). The lowest BCUT2D eigenvalue weighted by Crippen LogP contribution is -2.31. The van der Waals surface area contributed by atoms with E-state index < -0.39 is 36.3 Å². The van der Waals surface area contributed by atoms with E-state index in [1.165, 1.54) is 57.3 Å². The molecule has 0 radical (unpaired) electrons. The van der Waals surface area contributed by atoms with Crippen LogP contribution in [0.1, 0.15) is 94.8 Å². The second kappa shape index (κ2) is 19.7. The number of nitrogens with one attached hydrogen (secondary N) is 4. The number of hydrogen-bond acceptors (Lipinski definition) is 11. The summed E-state index contributed by atoms with van der Waals surface area (Å²) in [6.07, 6.45) is 4.54. The van der Waals surface area contributed by atoms with E-state index in [4.69, 9.17) is 24.4 Å². The predicted molar refractivity (Wildman–Crippen MR) is 206 cm³/mol. The van der Waals surface area contributed by atoms with Gasteiger partial charge in [0.25, 0.3) is 11.8 Å². The molecule has 2 aromatic carbocycles. The van der Waals surface area contributed by atoms with Crippen LogP contribution in [0.4, 0.5) is 15.3 Å². The lowest BCUT2D eigenvalue weighted by Gasteiger charge is -2.19. The predicted octanol–water partition coefficient (Wildman–Crippen LogP) is 6.63. The van der Waals surface area contributed by atoms with Crippen LogP contribution in [0.2, 0.25) is 0 Å². The Morgan fingerprint density at radius 3 is 2.35 bits per heavy atom. The maximum absolute atomic E-state index is 14.0. The molecule has 1 heterocycles. The van der Waals surface area contributed by atoms with Crippen LogP contribution in [0.3, 0.4) is 0 Å². The Labute approximate surface area is 320 Å². The van der Waals surface area contributed by atoms with Crippen molar-refractivity contribution in [1.29, 1.82) is 5.41 Å². The van der Waals surface area contributed by atoms with E-state index in [1.54, 1.807) is 30.3 Å². The highest BCUT2D eigenvalue weighted by atomic mass is 16.7. The van der Waals surface area contributed by atoms with Crippen LogP contribution in [-0.4, -0.2) is 86.3 Å². The third-order valence-corrected chi connectivity index (χ3v) is 8.49. The summed E-state index contributed by atoms with van der Waals surface area (Å²) >= 11 is 0. The largest absolute Gasteiger partial charge is 0.496 e. The Bertz CT molecular complexity index is 1910. The molecule has 0 saturated heterocycles. The van der Waals surface area contributed by atoms with Crippen molar-refractivity contribution in [2.24, 2.45) is 5.92 Å². The van der Waals surface area contributed by atoms with Crippen LogP contribution >= 0.6 is 0 Å². The van der Waals surface area contributed by atoms with Crippen molar-refractivity contribution in [3.05, 3.63) is 83.2 Å². The van der Waals surface area contributed by atoms with Gasteiger partial charge in [-0.3, -0.25) is 20.3 Å². The number of amides is 4. The molecule has 1 aliphatic carbocycles. The molecule has 4 rings (SSSR count). The van der Waals surface area contributed by atoms with E-state index in [0.717, 1.165) is 38.5 Å². The molecule has 4 N–H and O–H groups in total. The number of benzene rings is 2. The fourth-order valence-corrected chi connectivity index (χ4v) is 5.25. The van der Waals surface area contributed by atoms with Gasteiger partial charge in [-0.2, -0.15) is 0 Å². The minimum absolute atomic E-state index is 0.0599. The number of carbonyl (C=O) groups excluding carboxylic acids is 5. The van der Waals surface area contributed by atoms with Gasteiger partial charge < -0.3 is 34.5 Å². The number of methoxy groups -OCH3 is 1. The molecule has 0 bridgehead atoms. The number of alkyl carbamates (subject to hydrolysis) is 1. The zero-order valence-electron chi connectivity index (χ0n) is 31.8. The number of amidine groups is 1. The lowest BCUT2D eigenvalue weighted by molar-refractivity contribution is -0.0668. The second-order valence-corrected chi connectivity index (χ2v) is 13.1. The van der Waals surface area contributed by atoms with E-state index in [0.29, 0.717) is 35.0 Å². The molecule has 1 atom stereocenters. The first kappa shape index (κ1) is 41.5. The number of carbonyl (C=O) groups is 5. The van der Waals surface area contributed by atoms with Crippen molar-refractivity contribution in [1.82, 2.24) is 20.5 Å². The first-order chi connectivity index (χ1) is 26.3. The third-order valence-electron chi connectivity index (χ3n) is 8.49. The molecule has 15 heteroatoms. The molecule has 55 heavy (non-hydrogen) atoms. The first-order valence-corrected chi connectivity index (χ1v) is 18.0. The molecule has 15 nitrogen and oxygen atoms in total. The summed E-state index contributed by atoms with van der Waals surface area (Å²) in [6, 6.07) is 12.2. The molecule has 1 aromatic heterocycles. The zero-order valence-corrected chi connectivity index (χ0v) is 31.8. The number of aromatic nitrogens is 1. The number of rotatable bonds is 17. The Morgan fingerprint density at radius 1 is 0.982 bits per heavy atom. The van der Waals surface area contributed by atoms with Crippen molar-refractivity contribution in [3.8, 4) is 16.9 Å². The van der Waals surface area contributed by atoms with Gasteiger partial charge in [-0.15, -0.1) is 0 Å². The number of esters is 1. The Kier molecular flexibility index (Phi) is 14.9. The van der Waals surface area contributed by atoms with E-state index in [9.17, 15) is 24.0 Å². The van der Waals surface area contributed by atoms with Gasteiger partial charge in [0.15, 0.2) is 5.69 Å². The van der Waals surface area contributed by atoms with Crippen molar-refractivity contribution in [3.63, 3.8) is 0 Å². The molecule has 0 spiro atoms. The van der Waals surface area contributed by atoms with Crippen LogP contribution in [0.15, 0.2) is 55.1 Å².